The van der Waals surface area contributed by atoms with Crippen LogP contribution in [-0.4, -0.2) is 51.3 Å². The van der Waals surface area contributed by atoms with E-state index < -0.39 is 0 Å². The molecule has 0 fully saturated rings. The molecule has 122 valence electrons. The van der Waals surface area contributed by atoms with Crippen LogP contribution in [0.3, 0.4) is 0 Å². The van der Waals surface area contributed by atoms with Crippen molar-refractivity contribution in [3.63, 3.8) is 0 Å². The highest BCUT2D eigenvalue weighted by Gasteiger charge is 2.11. The number of rotatable bonds is 6. The average molecular weight is 305 g/mol. The minimum atomic E-state index is 0.629. The molecule has 1 aliphatic rings. The number of benzene rings is 1. The van der Waals surface area contributed by atoms with Crippen molar-refractivity contribution in [2.24, 2.45) is 4.99 Å². The van der Waals surface area contributed by atoms with E-state index in [0.717, 1.165) is 37.0 Å². The number of unbranched alkanes of at least 4 members (excludes halogenated alkanes) is 1. The quantitative estimate of drug-likeness (QED) is 0.647. The van der Waals surface area contributed by atoms with Crippen LogP contribution in [0.25, 0.3) is 0 Å². The first-order chi connectivity index (χ1) is 10.7. The molecule has 0 amide bonds. The van der Waals surface area contributed by atoms with Gasteiger partial charge in [-0.2, -0.15) is 0 Å². The van der Waals surface area contributed by atoms with Crippen molar-refractivity contribution in [3.05, 3.63) is 23.8 Å². The molecule has 5 heteroatoms. The summed E-state index contributed by atoms with van der Waals surface area (Å²) in [7, 11) is 3.91. The van der Waals surface area contributed by atoms with Crippen LogP contribution in [0.2, 0.25) is 0 Å². The van der Waals surface area contributed by atoms with Crippen molar-refractivity contribution in [1.29, 1.82) is 0 Å². The molecule has 1 N–H and O–H groups in total. The van der Waals surface area contributed by atoms with Gasteiger partial charge in [-0.05, 0) is 30.5 Å². The van der Waals surface area contributed by atoms with E-state index in [9.17, 15) is 0 Å². The lowest BCUT2D eigenvalue weighted by atomic mass is 10.1. The van der Waals surface area contributed by atoms with Crippen LogP contribution in [0.1, 0.15) is 25.3 Å². The van der Waals surface area contributed by atoms with Gasteiger partial charge >= 0.3 is 0 Å². The first-order valence-electron chi connectivity index (χ1n) is 8.05. The van der Waals surface area contributed by atoms with Crippen molar-refractivity contribution in [2.45, 2.75) is 26.2 Å². The summed E-state index contributed by atoms with van der Waals surface area (Å²) in [6.07, 6.45) is 3.30. The first-order valence-corrected chi connectivity index (χ1v) is 8.05. The number of aliphatic imine (C=N–C) groups is 1. The van der Waals surface area contributed by atoms with E-state index >= 15 is 0 Å². The van der Waals surface area contributed by atoms with Gasteiger partial charge in [0.05, 0.1) is 0 Å². The predicted octanol–water partition coefficient (Wildman–Crippen LogP) is 2.31. The monoisotopic (exact) mass is 305 g/mol. The zero-order valence-electron chi connectivity index (χ0n) is 13.9. The maximum atomic E-state index is 5.62. The Bertz CT molecular complexity index is 503. The van der Waals surface area contributed by atoms with E-state index in [0.29, 0.717) is 13.2 Å². The van der Waals surface area contributed by atoms with Gasteiger partial charge in [0.2, 0.25) is 0 Å². The van der Waals surface area contributed by atoms with Gasteiger partial charge in [-0.25, -0.2) is 0 Å². The molecule has 0 aromatic heterocycles. The molecule has 0 radical (unpaired) electrons. The third kappa shape index (κ3) is 4.55. The Labute approximate surface area is 133 Å². The second-order valence-corrected chi connectivity index (χ2v) is 5.48. The standard InChI is InChI=1S/C17H27N3O2/c1-4-5-10-20(3)17(18-2)19-9-8-14-6-7-15-16(13-14)22-12-11-21-15/h6-7,13H,4-5,8-12H2,1-3H3,(H,18,19). The molecule has 22 heavy (non-hydrogen) atoms. The number of ether oxygens (including phenoxy) is 2. The molecule has 0 saturated heterocycles. The fourth-order valence-electron chi connectivity index (χ4n) is 2.45. The smallest absolute Gasteiger partial charge is 0.193 e. The summed E-state index contributed by atoms with van der Waals surface area (Å²) >= 11 is 0. The normalized spacial score (nSPS) is 13.9. The molecule has 0 spiro atoms. The van der Waals surface area contributed by atoms with E-state index in [-0.39, 0.29) is 0 Å². The van der Waals surface area contributed by atoms with Gasteiger partial charge in [-0.1, -0.05) is 19.4 Å². The summed E-state index contributed by atoms with van der Waals surface area (Å²) in [5.74, 6) is 2.65. The topological polar surface area (TPSA) is 46.1 Å². The molecule has 0 bridgehead atoms. The number of fused-ring (bicyclic) bond motifs is 1. The second-order valence-electron chi connectivity index (χ2n) is 5.48. The number of guanidine groups is 1. The van der Waals surface area contributed by atoms with Crippen molar-refractivity contribution in [3.8, 4) is 11.5 Å². The van der Waals surface area contributed by atoms with Crippen LogP contribution in [0, 0.1) is 0 Å². The van der Waals surface area contributed by atoms with Crippen molar-refractivity contribution < 1.29 is 9.47 Å². The van der Waals surface area contributed by atoms with Crippen molar-refractivity contribution in [1.82, 2.24) is 10.2 Å². The van der Waals surface area contributed by atoms with Gasteiger partial charge in [-0.3, -0.25) is 4.99 Å². The third-order valence-corrected chi connectivity index (χ3v) is 3.72. The summed E-state index contributed by atoms with van der Waals surface area (Å²) in [5.41, 5.74) is 1.24. The van der Waals surface area contributed by atoms with Crippen LogP contribution in [0.15, 0.2) is 23.2 Å². The highest BCUT2D eigenvalue weighted by molar-refractivity contribution is 5.79. The molecule has 1 aromatic rings. The molecule has 0 unspecified atom stereocenters. The van der Waals surface area contributed by atoms with Crippen LogP contribution < -0.4 is 14.8 Å². The average Bonchev–Trinajstić information content (AvgIpc) is 2.56. The molecule has 1 aromatic carbocycles. The van der Waals surface area contributed by atoms with Crippen LogP contribution in [-0.2, 0) is 6.42 Å². The Hall–Kier alpha value is -1.91. The second kappa shape index (κ2) is 8.51. The fourth-order valence-corrected chi connectivity index (χ4v) is 2.45. The summed E-state index contributed by atoms with van der Waals surface area (Å²) in [6.45, 7) is 5.34. The molecule has 0 saturated carbocycles. The van der Waals surface area contributed by atoms with E-state index in [1.165, 1.54) is 18.4 Å². The first kappa shape index (κ1) is 16.5. The lowest BCUT2D eigenvalue weighted by molar-refractivity contribution is 0.171. The largest absolute Gasteiger partial charge is 0.486 e. The summed E-state index contributed by atoms with van der Waals surface area (Å²) in [5, 5.41) is 3.41. The maximum absolute atomic E-state index is 5.62. The van der Waals surface area contributed by atoms with E-state index in [2.05, 4.69) is 41.3 Å². The molecule has 2 rings (SSSR count). The Morgan fingerprint density at radius 2 is 2.05 bits per heavy atom. The molecule has 0 aliphatic carbocycles. The van der Waals surface area contributed by atoms with Crippen molar-refractivity contribution >= 4 is 5.96 Å². The fraction of sp³-hybridized carbons (Fsp3) is 0.588. The number of hydrogen-bond donors (Lipinski definition) is 1. The molecule has 0 atom stereocenters. The predicted molar refractivity (Wildman–Crippen MR) is 90.0 cm³/mol. The Kier molecular flexibility index (Phi) is 6.37. The molecule has 1 heterocycles. The van der Waals surface area contributed by atoms with Crippen LogP contribution in [0.4, 0.5) is 0 Å². The number of nitrogens with zero attached hydrogens (tertiary/aromatic N) is 2. The maximum Gasteiger partial charge on any atom is 0.193 e. The van der Waals surface area contributed by atoms with E-state index in [4.69, 9.17) is 9.47 Å². The molecule has 5 nitrogen and oxygen atoms in total. The van der Waals surface area contributed by atoms with Gasteiger partial charge < -0.3 is 19.7 Å². The third-order valence-electron chi connectivity index (χ3n) is 3.72. The van der Waals surface area contributed by atoms with E-state index in [1.54, 1.807) is 0 Å². The van der Waals surface area contributed by atoms with Crippen LogP contribution >= 0.6 is 0 Å². The zero-order valence-corrected chi connectivity index (χ0v) is 13.9. The minimum absolute atomic E-state index is 0.629. The Morgan fingerprint density at radius 3 is 2.77 bits per heavy atom. The van der Waals surface area contributed by atoms with Gasteiger partial charge in [0.1, 0.15) is 13.2 Å². The Morgan fingerprint density at radius 1 is 1.27 bits per heavy atom. The highest BCUT2D eigenvalue weighted by atomic mass is 16.6. The molecular weight excluding hydrogens is 278 g/mol. The number of nitrogens with one attached hydrogen (secondary N) is 1. The summed E-state index contributed by atoms with van der Waals surface area (Å²) in [4.78, 5) is 6.50. The molecular formula is C17H27N3O2. The van der Waals surface area contributed by atoms with Gasteiger partial charge in [0.25, 0.3) is 0 Å². The van der Waals surface area contributed by atoms with Crippen molar-refractivity contribution in [2.75, 3.05) is 40.4 Å². The highest BCUT2D eigenvalue weighted by Crippen LogP contribution is 2.30. The zero-order chi connectivity index (χ0) is 15.8. The van der Waals surface area contributed by atoms with Gasteiger partial charge in [0, 0.05) is 27.2 Å². The minimum Gasteiger partial charge on any atom is -0.486 e. The summed E-state index contributed by atoms with van der Waals surface area (Å²) < 4.78 is 11.2. The molecule has 1 aliphatic heterocycles. The van der Waals surface area contributed by atoms with Crippen LogP contribution in [0.5, 0.6) is 11.5 Å². The van der Waals surface area contributed by atoms with Gasteiger partial charge in [-0.15, -0.1) is 0 Å². The van der Waals surface area contributed by atoms with E-state index in [1.807, 2.05) is 13.1 Å². The SMILES string of the molecule is CCCCN(C)C(=NC)NCCc1ccc2c(c1)OCCO2. The number of hydrogen-bond acceptors (Lipinski definition) is 3. The lowest BCUT2D eigenvalue weighted by Gasteiger charge is -2.22. The summed E-state index contributed by atoms with van der Waals surface area (Å²) in [6, 6.07) is 6.16. The van der Waals surface area contributed by atoms with Gasteiger partial charge in [0.15, 0.2) is 17.5 Å². The Balaban J connectivity index is 1.82. The lowest BCUT2D eigenvalue weighted by Crippen LogP contribution is -2.40.